The number of aromatic nitrogens is 1. The van der Waals surface area contributed by atoms with E-state index in [4.69, 9.17) is 14.5 Å². The molecule has 31 heavy (non-hydrogen) atoms. The van der Waals surface area contributed by atoms with Crippen molar-refractivity contribution < 1.29 is 14.3 Å². The van der Waals surface area contributed by atoms with Gasteiger partial charge in [0, 0.05) is 18.7 Å². The molecule has 0 aliphatic carbocycles. The lowest BCUT2D eigenvalue weighted by molar-refractivity contribution is 0.0983. The minimum absolute atomic E-state index is 0.0640. The number of carbonyl (C=O) groups excluding carboxylic acids is 1. The number of rotatable bonds is 10. The first-order chi connectivity index (χ1) is 15.0. The number of amides is 1. The van der Waals surface area contributed by atoms with E-state index >= 15 is 0 Å². The van der Waals surface area contributed by atoms with E-state index in [0.717, 1.165) is 46.9 Å². The monoisotopic (exact) mass is 441 g/mol. The minimum Gasteiger partial charge on any atom is -0.494 e. The number of benzene rings is 2. The van der Waals surface area contributed by atoms with Crippen LogP contribution in [0.15, 0.2) is 36.4 Å². The van der Waals surface area contributed by atoms with Crippen molar-refractivity contribution in [3.63, 3.8) is 0 Å². The number of hydrogen-bond acceptors (Lipinski definition) is 6. The summed E-state index contributed by atoms with van der Waals surface area (Å²) >= 11 is 1.53. The molecular weight excluding hydrogens is 410 g/mol. The van der Waals surface area contributed by atoms with Gasteiger partial charge in [-0.25, -0.2) is 4.98 Å². The number of carbonyl (C=O) groups is 1. The van der Waals surface area contributed by atoms with E-state index < -0.39 is 0 Å². The van der Waals surface area contributed by atoms with Crippen LogP contribution in [0, 0.1) is 6.92 Å². The average molecular weight is 442 g/mol. The Hall–Kier alpha value is -2.64. The molecule has 0 fully saturated rings. The van der Waals surface area contributed by atoms with E-state index in [-0.39, 0.29) is 5.91 Å². The van der Waals surface area contributed by atoms with Crippen LogP contribution in [0.1, 0.15) is 36.7 Å². The summed E-state index contributed by atoms with van der Waals surface area (Å²) in [5.41, 5.74) is 2.54. The van der Waals surface area contributed by atoms with Gasteiger partial charge in [-0.3, -0.25) is 9.69 Å². The molecule has 6 nitrogen and oxygen atoms in total. The number of methoxy groups -OCH3 is 1. The van der Waals surface area contributed by atoms with E-state index in [1.54, 1.807) is 12.0 Å². The van der Waals surface area contributed by atoms with Crippen LogP contribution in [0.25, 0.3) is 10.2 Å². The quantitative estimate of drug-likeness (QED) is 0.443. The molecule has 0 atom stereocenters. The molecule has 0 N–H and O–H groups in total. The molecule has 0 saturated carbocycles. The molecular formula is C24H31N3O3S. The summed E-state index contributed by atoms with van der Waals surface area (Å²) in [6.45, 7) is 12.1. The van der Waals surface area contributed by atoms with Gasteiger partial charge in [-0.05, 0) is 62.8 Å². The molecule has 1 aromatic heterocycles. The predicted molar refractivity (Wildman–Crippen MR) is 128 cm³/mol. The maximum Gasteiger partial charge on any atom is 0.260 e. The first-order valence-corrected chi connectivity index (χ1v) is 11.5. The molecule has 0 radical (unpaired) electrons. The molecule has 3 rings (SSSR count). The largest absolute Gasteiger partial charge is 0.494 e. The first kappa shape index (κ1) is 23.0. The molecule has 0 unspecified atom stereocenters. The maximum atomic E-state index is 13.5. The number of nitrogens with zero attached hydrogens (tertiary/aromatic N) is 3. The number of fused-ring (bicyclic) bond motifs is 1. The van der Waals surface area contributed by atoms with Gasteiger partial charge in [-0.2, -0.15) is 0 Å². The number of anilines is 1. The van der Waals surface area contributed by atoms with Crippen LogP contribution in [-0.4, -0.2) is 55.7 Å². The third kappa shape index (κ3) is 5.17. The van der Waals surface area contributed by atoms with Crippen molar-refractivity contribution in [2.75, 3.05) is 44.8 Å². The standard InChI is InChI=1S/C24H31N3O3S/c1-6-26(7-2)15-16-27(23(28)18-10-12-19(13-11-18)30-8-3)24-25-21-20(29-5)14-9-17(4)22(21)31-24/h9-14H,6-8,15-16H2,1-5H3. The van der Waals surface area contributed by atoms with Crippen molar-refractivity contribution in [1.82, 2.24) is 9.88 Å². The van der Waals surface area contributed by atoms with Crippen LogP contribution in [0.3, 0.4) is 0 Å². The van der Waals surface area contributed by atoms with Gasteiger partial charge >= 0.3 is 0 Å². The van der Waals surface area contributed by atoms with Crippen LogP contribution in [0.5, 0.6) is 11.5 Å². The fourth-order valence-electron chi connectivity index (χ4n) is 3.46. The zero-order chi connectivity index (χ0) is 22.4. The van der Waals surface area contributed by atoms with Crippen molar-refractivity contribution in [2.24, 2.45) is 0 Å². The number of likely N-dealkylation sites (N-methyl/N-ethyl adjacent to an activating group) is 1. The third-order valence-corrected chi connectivity index (χ3v) is 6.55. The maximum absolute atomic E-state index is 13.5. The molecule has 0 aliphatic rings. The van der Waals surface area contributed by atoms with Gasteiger partial charge in [0.1, 0.15) is 17.0 Å². The molecule has 0 aliphatic heterocycles. The van der Waals surface area contributed by atoms with E-state index in [9.17, 15) is 4.79 Å². The Balaban J connectivity index is 1.98. The molecule has 2 aromatic carbocycles. The molecule has 166 valence electrons. The summed E-state index contributed by atoms with van der Waals surface area (Å²) in [6, 6.07) is 11.3. The number of aryl methyl sites for hydroxylation is 1. The van der Waals surface area contributed by atoms with E-state index in [1.165, 1.54) is 11.3 Å². The molecule has 1 heterocycles. The Morgan fingerprint density at radius 3 is 2.35 bits per heavy atom. The third-order valence-electron chi connectivity index (χ3n) is 5.33. The van der Waals surface area contributed by atoms with E-state index in [2.05, 4.69) is 25.7 Å². The topological polar surface area (TPSA) is 54.9 Å². The van der Waals surface area contributed by atoms with Crippen molar-refractivity contribution in [2.45, 2.75) is 27.7 Å². The van der Waals surface area contributed by atoms with Crippen molar-refractivity contribution in [1.29, 1.82) is 0 Å². The van der Waals surface area contributed by atoms with Gasteiger partial charge < -0.3 is 14.4 Å². The summed E-state index contributed by atoms with van der Waals surface area (Å²) in [4.78, 5) is 22.4. The zero-order valence-electron chi connectivity index (χ0n) is 19.0. The zero-order valence-corrected chi connectivity index (χ0v) is 19.8. The summed E-state index contributed by atoms with van der Waals surface area (Å²) in [7, 11) is 1.65. The molecule has 0 saturated heterocycles. The molecule has 0 bridgehead atoms. The summed E-state index contributed by atoms with van der Waals surface area (Å²) < 4.78 is 12.1. The minimum atomic E-state index is -0.0640. The fraction of sp³-hybridized carbons (Fsp3) is 0.417. The summed E-state index contributed by atoms with van der Waals surface area (Å²) in [6.07, 6.45) is 0. The number of thiazole rings is 1. The van der Waals surface area contributed by atoms with Gasteiger partial charge in [0.05, 0.1) is 18.4 Å². The van der Waals surface area contributed by atoms with Crippen LogP contribution < -0.4 is 14.4 Å². The van der Waals surface area contributed by atoms with Crippen molar-refractivity contribution >= 4 is 32.6 Å². The van der Waals surface area contributed by atoms with E-state index in [1.807, 2.05) is 43.3 Å². The normalized spacial score (nSPS) is 11.2. The molecule has 0 spiro atoms. The number of hydrogen-bond donors (Lipinski definition) is 0. The van der Waals surface area contributed by atoms with Crippen LogP contribution in [0.4, 0.5) is 5.13 Å². The lowest BCUT2D eigenvalue weighted by Gasteiger charge is -2.24. The smallest absolute Gasteiger partial charge is 0.260 e. The fourth-order valence-corrected chi connectivity index (χ4v) is 4.54. The first-order valence-electron chi connectivity index (χ1n) is 10.7. The Morgan fingerprint density at radius 1 is 1.03 bits per heavy atom. The van der Waals surface area contributed by atoms with Crippen LogP contribution in [-0.2, 0) is 0 Å². The average Bonchev–Trinajstić information content (AvgIpc) is 3.23. The second-order valence-corrected chi connectivity index (χ2v) is 8.18. The van der Waals surface area contributed by atoms with Gasteiger partial charge in [0.2, 0.25) is 0 Å². The highest BCUT2D eigenvalue weighted by atomic mass is 32.1. The highest BCUT2D eigenvalue weighted by Crippen LogP contribution is 2.36. The SMILES string of the molecule is CCOc1ccc(C(=O)N(CCN(CC)CC)c2nc3c(OC)ccc(C)c3s2)cc1. The Kier molecular flexibility index (Phi) is 7.87. The second kappa shape index (κ2) is 10.6. The Morgan fingerprint density at radius 2 is 1.74 bits per heavy atom. The van der Waals surface area contributed by atoms with Gasteiger partial charge in [-0.15, -0.1) is 0 Å². The number of ether oxygens (including phenoxy) is 2. The summed E-state index contributed by atoms with van der Waals surface area (Å²) in [5.74, 6) is 1.42. The van der Waals surface area contributed by atoms with Crippen molar-refractivity contribution in [3.05, 3.63) is 47.5 Å². The Bertz CT molecular complexity index is 1010. The Labute approximate surface area is 188 Å². The molecule has 1 amide bonds. The van der Waals surface area contributed by atoms with Gasteiger partial charge in [-0.1, -0.05) is 31.3 Å². The van der Waals surface area contributed by atoms with E-state index in [0.29, 0.717) is 23.8 Å². The lowest BCUT2D eigenvalue weighted by atomic mass is 10.2. The van der Waals surface area contributed by atoms with Crippen LogP contribution in [0.2, 0.25) is 0 Å². The van der Waals surface area contributed by atoms with Gasteiger partial charge in [0.25, 0.3) is 5.91 Å². The van der Waals surface area contributed by atoms with Crippen LogP contribution >= 0.6 is 11.3 Å². The highest BCUT2D eigenvalue weighted by molar-refractivity contribution is 7.22. The summed E-state index contributed by atoms with van der Waals surface area (Å²) in [5, 5.41) is 0.689. The molecule has 7 heteroatoms. The second-order valence-electron chi connectivity index (χ2n) is 7.20. The predicted octanol–water partition coefficient (Wildman–Crippen LogP) is 5.00. The van der Waals surface area contributed by atoms with Gasteiger partial charge in [0.15, 0.2) is 5.13 Å². The highest BCUT2D eigenvalue weighted by Gasteiger charge is 2.23. The lowest BCUT2D eigenvalue weighted by Crippen LogP contribution is -2.38. The molecule has 3 aromatic rings. The van der Waals surface area contributed by atoms with Crippen molar-refractivity contribution in [3.8, 4) is 11.5 Å².